The maximum absolute atomic E-state index is 11.8. The van der Waals surface area contributed by atoms with Crippen molar-refractivity contribution in [3.63, 3.8) is 0 Å². The van der Waals surface area contributed by atoms with Crippen LogP contribution >= 0.6 is 0 Å². The molecule has 0 spiro atoms. The van der Waals surface area contributed by atoms with Gasteiger partial charge in [-0.3, -0.25) is 0 Å². The van der Waals surface area contributed by atoms with Crippen LogP contribution in [0.4, 0.5) is 0 Å². The molecule has 1 saturated carbocycles. The Labute approximate surface area is 562 Å². The molecule has 0 bridgehead atoms. The third-order valence-corrected chi connectivity index (χ3v) is 12.4. The van der Waals surface area contributed by atoms with E-state index in [1.807, 2.05) is 6.92 Å². The van der Waals surface area contributed by atoms with Crippen LogP contribution in [0, 0.1) is 27.1 Å². The van der Waals surface area contributed by atoms with Crippen molar-refractivity contribution in [3.05, 3.63) is 122 Å². The van der Waals surface area contributed by atoms with E-state index < -0.39 is 82.5 Å². The summed E-state index contributed by atoms with van der Waals surface area (Å²) < 4.78 is 35.7. The maximum Gasteiger partial charge on any atom is 0.333 e. The van der Waals surface area contributed by atoms with Crippen molar-refractivity contribution in [3.8, 4) is 0 Å². The van der Waals surface area contributed by atoms with E-state index in [-0.39, 0.29) is 139 Å². The van der Waals surface area contributed by atoms with Gasteiger partial charge in [0, 0.05) is 61.1 Å². The van der Waals surface area contributed by atoms with Crippen LogP contribution in [0.2, 0.25) is 0 Å². The zero-order chi connectivity index (χ0) is 76.7. The van der Waals surface area contributed by atoms with E-state index in [4.69, 9.17) is 63.8 Å². The first-order valence-corrected chi connectivity index (χ1v) is 28.9. The summed E-state index contributed by atoms with van der Waals surface area (Å²) in [6.07, 6.45) is 6.47. The topological polar surface area (TPSA) is 436 Å². The molecule has 0 aliphatic heterocycles. The molecule has 0 amide bonds. The molecule has 0 heterocycles. The molecule has 28 nitrogen and oxygen atoms in total. The van der Waals surface area contributed by atoms with E-state index in [0.29, 0.717) is 13.0 Å². The summed E-state index contributed by atoms with van der Waals surface area (Å²) in [7, 11) is 0. The van der Waals surface area contributed by atoms with Crippen LogP contribution < -0.4 is 0 Å². The van der Waals surface area contributed by atoms with Gasteiger partial charge in [-0.15, -0.1) is 0 Å². The SMILES string of the molecule is C=C(C)C(=O)O.C=C(C)C(=O)O.C=C(C)C(=O)O.C=C(C)C(=O)OCC(CO)(COC(=O)C(=C)C)COC(=O)C(=C)C.C=C(C)C(=O)OCC(COC(=O)C(=C)C)(COC(=O)C(=C)C)COC(=O)C(=C)C.CC1(C)CC(N=C=O)CC(C)(CN=C=O)C1.CCC(CO)(CO)CO. The minimum absolute atomic E-state index is 0.00750. The van der Waals surface area contributed by atoms with E-state index >= 15 is 0 Å². The number of aliphatic hydroxyl groups excluding tert-OH is 4. The van der Waals surface area contributed by atoms with Gasteiger partial charge in [-0.2, -0.15) is 0 Å². The van der Waals surface area contributed by atoms with Crippen LogP contribution in [-0.4, -0.2) is 193 Å². The van der Waals surface area contributed by atoms with Crippen LogP contribution in [0.3, 0.4) is 0 Å². The monoisotopic (exact) mass is 1360 g/mol. The van der Waals surface area contributed by atoms with Crippen molar-refractivity contribution in [1.82, 2.24) is 0 Å². The number of carbonyl (C=O) groups is 10. The number of rotatable bonds is 32. The lowest BCUT2D eigenvalue weighted by Crippen LogP contribution is -2.44. The minimum atomic E-state index is -1.37. The average molecular weight is 1360 g/mol. The van der Waals surface area contributed by atoms with Gasteiger partial charge < -0.3 is 68.9 Å². The number of carbonyl (C=O) groups excluding carboxylic acids is 9. The zero-order valence-corrected chi connectivity index (χ0v) is 58.2. The Morgan fingerprint density at radius 2 is 0.615 bits per heavy atom. The third-order valence-electron chi connectivity index (χ3n) is 12.4. The van der Waals surface area contributed by atoms with E-state index in [0.717, 1.165) is 19.3 Å². The number of aliphatic carboxylic acids is 3. The van der Waals surface area contributed by atoms with Crippen molar-refractivity contribution < 1.29 is 126 Å². The first kappa shape index (κ1) is 97.8. The lowest BCUT2D eigenvalue weighted by molar-refractivity contribution is -0.166. The highest BCUT2D eigenvalue weighted by atomic mass is 16.6. The summed E-state index contributed by atoms with van der Waals surface area (Å²) >= 11 is 0. The molecule has 0 aromatic carbocycles. The molecule has 0 radical (unpaired) electrons. The molecule has 1 fully saturated rings. The molecule has 96 heavy (non-hydrogen) atoms. The van der Waals surface area contributed by atoms with E-state index in [2.05, 4.69) is 96.5 Å². The van der Waals surface area contributed by atoms with Crippen molar-refractivity contribution in [1.29, 1.82) is 0 Å². The standard InChI is InChI=1S/C21H28O8.C17H24O7.C12H18N2O2.C6H14O3.3C4H6O2/c1-13(2)17(22)26-9-21(10-27-18(23)14(3)4,11-28-19(24)15(5)6)12-29-20(25)16(7)8;1-11(2)14(19)22-8-17(7-18,9-23-15(20)12(3)4)10-24-16(21)13(5)6;1-11(2)4-10(14-9-16)5-12(3,6-11)7-13-8-15;1-2-6(3-7,4-8)5-9;3*1-3(2)4(5)6/h1,3,5,7,9-12H2,2,4,6,8H3;18H,1,3,5,7-10H2,2,4,6H3;10H,4-7H2,1-3H3;7-9H,2-5H2,1H3;3*1H2,2H3,(H,5,6). The molecule has 0 aromatic heterocycles. The van der Waals surface area contributed by atoms with Crippen LogP contribution in [0.1, 0.15) is 123 Å². The molecular formula is C68H102N2O26. The fourth-order valence-electron chi connectivity index (χ4n) is 6.48. The van der Waals surface area contributed by atoms with Crippen molar-refractivity contribution in [2.45, 2.75) is 129 Å². The number of hydrogen-bond acceptors (Lipinski definition) is 25. The molecular weight excluding hydrogens is 1260 g/mol. The highest BCUT2D eigenvalue weighted by Crippen LogP contribution is 2.47. The fraction of sp³-hybridized carbons (Fsp3) is 0.529. The van der Waals surface area contributed by atoms with Gasteiger partial charge in [0.1, 0.15) is 51.7 Å². The van der Waals surface area contributed by atoms with Gasteiger partial charge in [0.05, 0.1) is 44.4 Å². The predicted octanol–water partition coefficient (Wildman–Crippen LogP) is 7.32. The van der Waals surface area contributed by atoms with Gasteiger partial charge in [0.25, 0.3) is 0 Å². The number of aliphatic imine (C=N–C) groups is 2. The van der Waals surface area contributed by atoms with Crippen LogP contribution in [-0.2, 0) is 90.7 Å². The lowest BCUT2D eigenvalue weighted by Gasteiger charge is -2.44. The summed E-state index contributed by atoms with van der Waals surface area (Å²) in [5.74, 6) is -7.67. The molecule has 28 heteroatoms. The molecule has 1 aliphatic carbocycles. The number of esters is 7. The quantitative estimate of drug-likeness (QED) is 0.0114. The van der Waals surface area contributed by atoms with E-state index in [1.165, 1.54) is 69.2 Å². The first-order chi connectivity index (χ1) is 43.9. The molecule has 0 saturated heterocycles. The Kier molecular flexibility index (Phi) is 51.1. The fourth-order valence-corrected chi connectivity index (χ4v) is 6.48. The van der Waals surface area contributed by atoms with E-state index in [9.17, 15) is 62.6 Å². The second-order valence-corrected chi connectivity index (χ2v) is 24.1. The molecule has 7 N–H and O–H groups in total. The van der Waals surface area contributed by atoms with Gasteiger partial charge >= 0.3 is 59.7 Å². The number of carboxylic acids is 3. The number of hydrogen-bond donors (Lipinski definition) is 7. The molecule has 1 rings (SSSR count). The normalized spacial score (nSPS) is 13.7. The van der Waals surface area contributed by atoms with Gasteiger partial charge in [-0.25, -0.2) is 67.5 Å². The second kappa shape index (κ2) is 50.2. The molecule has 1 aliphatic rings. The maximum atomic E-state index is 11.8. The first-order valence-electron chi connectivity index (χ1n) is 28.9. The Morgan fingerprint density at radius 1 is 0.396 bits per heavy atom. The average Bonchev–Trinajstić information content (AvgIpc) is 0.811. The van der Waals surface area contributed by atoms with Gasteiger partial charge in [0.2, 0.25) is 12.2 Å². The van der Waals surface area contributed by atoms with Crippen molar-refractivity contribution in [2.24, 2.45) is 37.1 Å². The number of carboxylic acid groups (broad SMARTS) is 3. The summed E-state index contributed by atoms with van der Waals surface area (Å²) in [6.45, 7) is 53.4. The second-order valence-electron chi connectivity index (χ2n) is 24.1. The Hall–Kier alpha value is -9.30. The van der Waals surface area contributed by atoms with E-state index in [1.54, 1.807) is 12.2 Å². The van der Waals surface area contributed by atoms with Gasteiger partial charge in [0.15, 0.2) is 0 Å². The zero-order valence-electron chi connectivity index (χ0n) is 58.2. The Bertz CT molecular complexity index is 2580. The van der Waals surface area contributed by atoms with Crippen molar-refractivity contribution >= 4 is 71.9 Å². The molecule has 2 atom stereocenters. The molecule has 540 valence electrons. The van der Waals surface area contributed by atoms with Crippen LogP contribution in [0.5, 0.6) is 0 Å². The summed E-state index contributed by atoms with van der Waals surface area (Å²) in [4.78, 5) is 139. The number of ether oxygens (including phenoxy) is 7. The van der Waals surface area contributed by atoms with Crippen molar-refractivity contribution in [2.75, 3.05) is 79.2 Å². The summed E-state index contributed by atoms with van der Waals surface area (Å²) in [5, 5.41) is 59.3. The third kappa shape index (κ3) is 47.6. The number of nitrogens with zero attached hydrogens (tertiary/aromatic N) is 2. The summed E-state index contributed by atoms with van der Waals surface area (Å²) in [5.41, 5.74) is -1.72. The minimum Gasteiger partial charge on any atom is -0.478 e. The smallest absolute Gasteiger partial charge is 0.333 e. The largest absolute Gasteiger partial charge is 0.478 e. The molecule has 0 aromatic rings. The highest BCUT2D eigenvalue weighted by molar-refractivity contribution is 5.90. The van der Waals surface area contributed by atoms with Crippen LogP contribution in [0.15, 0.2) is 132 Å². The Balaban J connectivity index is -0.000000269. The number of isocyanates is 2. The molecule has 2 unspecified atom stereocenters. The van der Waals surface area contributed by atoms with Gasteiger partial charge in [-0.05, 0) is 106 Å². The Morgan fingerprint density at radius 3 is 0.771 bits per heavy atom. The van der Waals surface area contributed by atoms with Crippen LogP contribution in [0.25, 0.3) is 0 Å². The highest BCUT2D eigenvalue weighted by Gasteiger charge is 2.42. The van der Waals surface area contributed by atoms with Gasteiger partial charge in [-0.1, -0.05) is 93.5 Å². The predicted molar refractivity (Wildman–Crippen MR) is 354 cm³/mol. The lowest BCUT2D eigenvalue weighted by atomic mass is 9.63. The number of aliphatic hydroxyl groups is 4. The summed E-state index contributed by atoms with van der Waals surface area (Å²) in [6, 6.07) is 0.00750.